The number of carbonyl (C=O) groups is 1. The molecule has 0 saturated carbocycles. The Bertz CT molecular complexity index is 168. The van der Waals surface area contributed by atoms with Crippen molar-refractivity contribution in [3.05, 3.63) is 0 Å². The summed E-state index contributed by atoms with van der Waals surface area (Å²) in [6.07, 6.45) is -2.81. The third kappa shape index (κ3) is 2.43. The highest BCUT2D eigenvalue weighted by atomic mass is 19.3. The predicted molar refractivity (Wildman–Crippen MR) is 41.2 cm³/mol. The highest BCUT2D eigenvalue weighted by Gasteiger charge is 2.43. The van der Waals surface area contributed by atoms with Crippen LogP contribution in [0.4, 0.5) is 8.78 Å². The van der Waals surface area contributed by atoms with E-state index in [-0.39, 0.29) is 12.3 Å². The highest BCUT2D eigenvalue weighted by molar-refractivity contribution is 5.74. The van der Waals surface area contributed by atoms with Crippen LogP contribution in [0.2, 0.25) is 0 Å². The van der Waals surface area contributed by atoms with E-state index >= 15 is 0 Å². The lowest BCUT2D eigenvalue weighted by Crippen LogP contribution is -2.36. The van der Waals surface area contributed by atoms with Crippen molar-refractivity contribution in [1.29, 1.82) is 0 Å². The summed E-state index contributed by atoms with van der Waals surface area (Å²) in [5.74, 6) is -1.47. The Labute approximate surface area is 70.6 Å². The molecule has 1 atom stereocenters. The Balaban J connectivity index is 4.51. The molecule has 0 saturated heterocycles. The summed E-state index contributed by atoms with van der Waals surface area (Å²) in [6, 6.07) is 0. The topological polar surface area (TPSA) is 37.3 Å². The Morgan fingerprint density at radius 3 is 2.00 bits per heavy atom. The first-order valence-electron chi connectivity index (χ1n) is 3.82. The van der Waals surface area contributed by atoms with Crippen LogP contribution in [0.15, 0.2) is 0 Å². The molecule has 0 aromatic rings. The lowest BCUT2D eigenvalue weighted by atomic mass is 9.82. The molecular formula is C8H14F2O2. The number of alkyl halides is 2. The molecule has 0 amide bonds. The largest absolute Gasteiger partial charge is 0.481 e. The van der Waals surface area contributed by atoms with Crippen molar-refractivity contribution >= 4 is 5.97 Å². The van der Waals surface area contributed by atoms with Crippen LogP contribution in [0.25, 0.3) is 0 Å². The monoisotopic (exact) mass is 180 g/mol. The van der Waals surface area contributed by atoms with Crippen molar-refractivity contribution in [2.75, 3.05) is 0 Å². The van der Waals surface area contributed by atoms with Crippen molar-refractivity contribution < 1.29 is 18.7 Å². The van der Waals surface area contributed by atoms with Crippen LogP contribution in [0.1, 0.15) is 27.2 Å². The zero-order chi connectivity index (χ0) is 9.94. The molecule has 2 nitrogen and oxygen atoms in total. The number of hydrogen-bond donors (Lipinski definition) is 1. The molecule has 12 heavy (non-hydrogen) atoms. The number of carboxylic acid groups (broad SMARTS) is 1. The van der Waals surface area contributed by atoms with Gasteiger partial charge in [0.15, 0.2) is 0 Å². The van der Waals surface area contributed by atoms with Gasteiger partial charge < -0.3 is 5.11 Å². The van der Waals surface area contributed by atoms with Gasteiger partial charge in [-0.15, -0.1) is 0 Å². The summed E-state index contributed by atoms with van der Waals surface area (Å²) in [6.45, 7) is 4.53. The zero-order valence-corrected chi connectivity index (χ0v) is 7.47. The summed E-state index contributed by atoms with van der Waals surface area (Å²) in [5, 5.41) is 8.57. The van der Waals surface area contributed by atoms with Crippen LogP contribution in [-0.2, 0) is 4.79 Å². The fourth-order valence-corrected chi connectivity index (χ4v) is 1.12. The minimum Gasteiger partial charge on any atom is -0.481 e. The predicted octanol–water partition coefficient (Wildman–Crippen LogP) is 2.39. The highest BCUT2D eigenvalue weighted by Crippen LogP contribution is 2.33. The molecular weight excluding hydrogens is 166 g/mol. The number of hydrogen-bond acceptors (Lipinski definition) is 1. The normalized spacial score (nSPS) is 16.6. The number of carboxylic acids is 1. The van der Waals surface area contributed by atoms with Crippen LogP contribution in [-0.4, -0.2) is 17.5 Å². The molecule has 0 aromatic heterocycles. The van der Waals surface area contributed by atoms with E-state index in [0.29, 0.717) is 0 Å². The average molecular weight is 180 g/mol. The van der Waals surface area contributed by atoms with Crippen LogP contribution >= 0.6 is 0 Å². The Morgan fingerprint density at radius 1 is 1.50 bits per heavy atom. The van der Waals surface area contributed by atoms with Crippen LogP contribution in [0, 0.1) is 11.3 Å². The van der Waals surface area contributed by atoms with Gasteiger partial charge in [-0.05, 0) is 19.3 Å². The van der Waals surface area contributed by atoms with Crippen LogP contribution in [0.5, 0.6) is 0 Å². The molecule has 0 bridgehead atoms. The van der Waals surface area contributed by atoms with Gasteiger partial charge in [-0.3, -0.25) is 4.79 Å². The van der Waals surface area contributed by atoms with Gasteiger partial charge >= 0.3 is 5.97 Å². The SMILES string of the molecule is CC(C)CC(C)(C(=O)O)C(F)F. The lowest BCUT2D eigenvalue weighted by Gasteiger charge is -2.25. The van der Waals surface area contributed by atoms with E-state index in [1.165, 1.54) is 0 Å². The number of halogens is 2. The minimum absolute atomic E-state index is 0. The standard InChI is InChI=1S/C8H14F2O2/c1-5(2)4-8(3,6(9)10)7(11)12/h5-6H,4H2,1-3H3,(H,11,12). The van der Waals surface area contributed by atoms with E-state index in [2.05, 4.69) is 0 Å². The maximum absolute atomic E-state index is 12.3. The third-order valence-electron chi connectivity index (χ3n) is 1.80. The van der Waals surface area contributed by atoms with Crippen molar-refractivity contribution in [3.63, 3.8) is 0 Å². The summed E-state index contributed by atoms with van der Waals surface area (Å²) >= 11 is 0. The zero-order valence-electron chi connectivity index (χ0n) is 7.47. The van der Waals surface area contributed by atoms with Crippen molar-refractivity contribution in [1.82, 2.24) is 0 Å². The summed E-state index contributed by atoms with van der Waals surface area (Å²) in [5.41, 5.74) is -1.89. The first-order valence-corrected chi connectivity index (χ1v) is 3.82. The fourth-order valence-electron chi connectivity index (χ4n) is 1.12. The second-order valence-electron chi connectivity index (χ2n) is 3.62. The van der Waals surface area contributed by atoms with Crippen LogP contribution in [0.3, 0.4) is 0 Å². The minimum atomic E-state index is -2.81. The molecule has 1 N–H and O–H groups in total. The second-order valence-corrected chi connectivity index (χ2v) is 3.62. The van der Waals surface area contributed by atoms with Crippen LogP contribution < -0.4 is 0 Å². The maximum Gasteiger partial charge on any atom is 0.315 e. The van der Waals surface area contributed by atoms with Gasteiger partial charge in [-0.1, -0.05) is 13.8 Å². The molecule has 72 valence electrons. The molecule has 1 unspecified atom stereocenters. The molecule has 0 spiro atoms. The maximum atomic E-state index is 12.3. The molecule has 0 rings (SSSR count). The van der Waals surface area contributed by atoms with E-state index < -0.39 is 17.8 Å². The van der Waals surface area contributed by atoms with Crippen molar-refractivity contribution in [2.45, 2.75) is 33.6 Å². The summed E-state index contributed by atoms with van der Waals surface area (Å²) in [4.78, 5) is 10.5. The first kappa shape index (κ1) is 11.3. The van der Waals surface area contributed by atoms with Gasteiger partial charge in [0.25, 0.3) is 6.43 Å². The molecule has 0 aliphatic rings. The Hall–Kier alpha value is -0.670. The number of rotatable bonds is 4. The fraction of sp³-hybridized carbons (Fsp3) is 0.875. The van der Waals surface area contributed by atoms with E-state index in [9.17, 15) is 13.6 Å². The molecule has 0 heterocycles. The van der Waals surface area contributed by atoms with Crippen molar-refractivity contribution in [3.8, 4) is 0 Å². The second kappa shape index (κ2) is 3.83. The molecule has 0 aromatic carbocycles. The molecule has 0 fully saturated rings. The smallest absolute Gasteiger partial charge is 0.315 e. The van der Waals surface area contributed by atoms with E-state index in [4.69, 9.17) is 5.11 Å². The van der Waals surface area contributed by atoms with Gasteiger partial charge in [0, 0.05) is 0 Å². The van der Waals surface area contributed by atoms with E-state index in [0.717, 1.165) is 6.92 Å². The van der Waals surface area contributed by atoms with Gasteiger partial charge in [-0.25, -0.2) is 8.78 Å². The third-order valence-corrected chi connectivity index (χ3v) is 1.80. The Morgan fingerprint density at radius 2 is 1.92 bits per heavy atom. The number of aliphatic carboxylic acids is 1. The van der Waals surface area contributed by atoms with Gasteiger partial charge in [0.1, 0.15) is 5.41 Å². The average Bonchev–Trinajstić information content (AvgIpc) is 1.84. The van der Waals surface area contributed by atoms with Gasteiger partial charge in [-0.2, -0.15) is 0 Å². The first-order chi connectivity index (χ1) is 5.30. The molecule has 0 aliphatic carbocycles. The Kier molecular flexibility index (Phi) is 3.61. The van der Waals surface area contributed by atoms with Crippen molar-refractivity contribution in [2.24, 2.45) is 11.3 Å². The molecule has 4 heteroatoms. The van der Waals surface area contributed by atoms with Gasteiger partial charge in [0.2, 0.25) is 0 Å². The molecule has 0 radical (unpaired) electrons. The quantitative estimate of drug-likeness (QED) is 0.721. The van der Waals surface area contributed by atoms with Gasteiger partial charge in [0.05, 0.1) is 0 Å². The van der Waals surface area contributed by atoms with E-state index in [1.807, 2.05) is 0 Å². The lowest BCUT2D eigenvalue weighted by molar-refractivity contribution is -0.159. The van der Waals surface area contributed by atoms with E-state index in [1.54, 1.807) is 13.8 Å². The summed E-state index contributed by atoms with van der Waals surface area (Å²) in [7, 11) is 0. The summed E-state index contributed by atoms with van der Waals surface area (Å²) < 4.78 is 24.6. The molecule has 0 aliphatic heterocycles.